The van der Waals surface area contributed by atoms with E-state index >= 15 is 0 Å². The Balaban J connectivity index is 1.42. The molecule has 2 aromatic carbocycles. The number of hydrogen-bond donors (Lipinski definition) is 0. The number of hydrogen-bond acceptors (Lipinski definition) is 0. The summed E-state index contributed by atoms with van der Waals surface area (Å²) in [7, 11) is 0. The topological polar surface area (TPSA) is 0 Å². The highest BCUT2D eigenvalue weighted by atomic mass is 35.5. The molecule has 2 aromatic rings. The first-order valence-electron chi connectivity index (χ1n) is 11.1. The molecule has 0 N–H and O–H groups in total. The first kappa shape index (κ1) is 20.5. The molecule has 0 atom stereocenters. The van der Waals surface area contributed by atoms with Gasteiger partial charge >= 0.3 is 0 Å². The third-order valence-corrected chi connectivity index (χ3v) is 6.59. The Morgan fingerprint density at radius 2 is 1.33 bits per heavy atom. The summed E-state index contributed by atoms with van der Waals surface area (Å²) in [6, 6.07) is 17.6. The fourth-order valence-corrected chi connectivity index (χ4v) is 4.69. The summed E-state index contributed by atoms with van der Waals surface area (Å²) in [5, 5.41) is 0.811. The largest absolute Gasteiger partial charge is 0.0843 e. The van der Waals surface area contributed by atoms with E-state index in [1.54, 1.807) is 5.56 Å². The molecular formula is C26H35Cl. The van der Waals surface area contributed by atoms with Gasteiger partial charge in [-0.1, -0.05) is 93.4 Å². The van der Waals surface area contributed by atoms with Crippen LogP contribution in [0.3, 0.4) is 0 Å². The smallest absolute Gasteiger partial charge is 0.0406 e. The zero-order valence-electron chi connectivity index (χ0n) is 16.9. The Hall–Kier alpha value is -1.27. The minimum atomic E-state index is 0.783. The van der Waals surface area contributed by atoms with E-state index in [1.165, 1.54) is 75.3 Å². The van der Waals surface area contributed by atoms with Gasteiger partial charge in [-0.3, -0.25) is 0 Å². The molecule has 3 rings (SSSR count). The lowest BCUT2D eigenvalue weighted by Gasteiger charge is -2.29. The Labute approximate surface area is 171 Å². The van der Waals surface area contributed by atoms with Crippen LogP contribution in [0.25, 0.3) is 0 Å². The molecule has 1 saturated carbocycles. The second-order valence-electron chi connectivity index (χ2n) is 8.47. The van der Waals surface area contributed by atoms with Crippen LogP contribution in [-0.4, -0.2) is 0 Å². The molecule has 0 bridgehead atoms. The van der Waals surface area contributed by atoms with Crippen molar-refractivity contribution in [3.8, 4) is 0 Å². The molecule has 1 heteroatoms. The van der Waals surface area contributed by atoms with Crippen LogP contribution >= 0.6 is 11.6 Å². The summed E-state index contributed by atoms with van der Waals surface area (Å²) >= 11 is 5.98. The number of halogens is 1. The van der Waals surface area contributed by atoms with Crippen LogP contribution in [0.5, 0.6) is 0 Å². The maximum Gasteiger partial charge on any atom is 0.0406 e. The lowest BCUT2D eigenvalue weighted by Crippen LogP contribution is -2.13. The van der Waals surface area contributed by atoms with Gasteiger partial charge in [0.05, 0.1) is 0 Å². The van der Waals surface area contributed by atoms with Crippen LogP contribution in [-0.2, 0) is 6.42 Å². The van der Waals surface area contributed by atoms with Crippen molar-refractivity contribution in [2.45, 2.75) is 83.5 Å². The zero-order chi connectivity index (χ0) is 18.9. The van der Waals surface area contributed by atoms with E-state index < -0.39 is 0 Å². The fraction of sp³-hybridized carbons (Fsp3) is 0.538. The van der Waals surface area contributed by atoms with Gasteiger partial charge in [-0.25, -0.2) is 0 Å². The molecule has 0 radical (unpaired) electrons. The number of benzene rings is 2. The Kier molecular flexibility index (Phi) is 8.27. The van der Waals surface area contributed by atoms with E-state index in [-0.39, 0.29) is 0 Å². The van der Waals surface area contributed by atoms with Crippen molar-refractivity contribution in [1.82, 2.24) is 0 Å². The minimum Gasteiger partial charge on any atom is -0.0843 e. The van der Waals surface area contributed by atoms with Gasteiger partial charge in [-0.05, 0) is 72.8 Å². The van der Waals surface area contributed by atoms with Crippen molar-refractivity contribution in [2.75, 3.05) is 0 Å². The van der Waals surface area contributed by atoms with Crippen LogP contribution in [0.4, 0.5) is 0 Å². The first-order valence-corrected chi connectivity index (χ1v) is 11.5. The van der Waals surface area contributed by atoms with Crippen LogP contribution in [0.1, 0.15) is 93.7 Å². The normalized spacial score (nSPS) is 19.9. The standard InChI is InChI=1S/C26H35Cl/c1-2-3-4-5-6-7-21-8-14-24(15-9-21)25-16-10-22(11-17-25)20-23-12-18-26(27)19-13-23/h10-13,16-19,21,24H,2-9,14-15,20H2,1H3. The van der Waals surface area contributed by atoms with Gasteiger partial charge in [0.1, 0.15) is 0 Å². The molecule has 0 saturated heterocycles. The third-order valence-electron chi connectivity index (χ3n) is 6.34. The van der Waals surface area contributed by atoms with Crippen LogP contribution in [0.2, 0.25) is 5.02 Å². The zero-order valence-corrected chi connectivity index (χ0v) is 17.7. The average Bonchev–Trinajstić information content (AvgIpc) is 2.71. The van der Waals surface area contributed by atoms with Gasteiger partial charge in [0.15, 0.2) is 0 Å². The summed E-state index contributed by atoms with van der Waals surface area (Å²) in [5.74, 6) is 1.78. The van der Waals surface area contributed by atoms with E-state index in [1.807, 2.05) is 12.1 Å². The molecular weight excluding hydrogens is 348 g/mol. The predicted octanol–water partition coefficient (Wildman–Crippen LogP) is 8.57. The molecule has 0 nitrogen and oxygen atoms in total. The second-order valence-corrected chi connectivity index (χ2v) is 8.90. The van der Waals surface area contributed by atoms with Crippen molar-refractivity contribution >= 4 is 11.6 Å². The molecule has 1 aliphatic carbocycles. The highest BCUT2D eigenvalue weighted by Crippen LogP contribution is 2.37. The van der Waals surface area contributed by atoms with Gasteiger partial charge in [-0.15, -0.1) is 0 Å². The lowest BCUT2D eigenvalue weighted by molar-refractivity contribution is 0.302. The summed E-state index contributed by atoms with van der Waals surface area (Å²) in [6.07, 6.45) is 15.2. The van der Waals surface area contributed by atoms with Crippen LogP contribution < -0.4 is 0 Å². The monoisotopic (exact) mass is 382 g/mol. The van der Waals surface area contributed by atoms with E-state index in [0.29, 0.717) is 0 Å². The van der Waals surface area contributed by atoms with E-state index in [2.05, 4.69) is 43.3 Å². The van der Waals surface area contributed by atoms with E-state index in [9.17, 15) is 0 Å². The third kappa shape index (κ3) is 6.68. The van der Waals surface area contributed by atoms with Crippen LogP contribution in [0, 0.1) is 5.92 Å². The van der Waals surface area contributed by atoms with Gasteiger partial charge in [0.25, 0.3) is 0 Å². The molecule has 1 aliphatic rings. The Bertz CT molecular complexity index is 648. The molecule has 0 unspecified atom stereocenters. The van der Waals surface area contributed by atoms with Gasteiger partial charge in [-0.2, -0.15) is 0 Å². The van der Waals surface area contributed by atoms with Gasteiger partial charge < -0.3 is 0 Å². The summed E-state index contributed by atoms with van der Waals surface area (Å²) in [4.78, 5) is 0. The van der Waals surface area contributed by atoms with E-state index in [4.69, 9.17) is 11.6 Å². The minimum absolute atomic E-state index is 0.783. The fourth-order valence-electron chi connectivity index (χ4n) is 4.57. The highest BCUT2D eigenvalue weighted by molar-refractivity contribution is 6.30. The van der Waals surface area contributed by atoms with Crippen molar-refractivity contribution in [1.29, 1.82) is 0 Å². The van der Waals surface area contributed by atoms with E-state index in [0.717, 1.165) is 23.3 Å². The maximum atomic E-state index is 5.98. The number of rotatable bonds is 9. The molecule has 0 aromatic heterocycles. The van der Waals surface area contributed by atoms with Crippen molar-refractivity contribution in [3.05, 3.63) is 70.2 Å². The predicted molar refractivity (Wildman–Crippen MR) is 119 cm³/mol. The lowest BCUT2D eigenvalue weighted by atomic mass is 9.77. The highest BCUT2D eigenvalue weighted by Gasteiger charge is 2.21. The average molecular weight is 383 g/mol. The Morgan fingerprint density at radius 1 is 0.741 bits per heavy atom. The quantitative estimate of drug-likeness (QED) is 0.381. The molecule has 0 heterocycles. The molecule has 0 aliphatic heterocycles. The van der Waals surface area contributed by atoms with Crippen LogP contribution in [0.15, 0.2) is 48.5 Å². The van der Waals surface area contributed by atoms with Gasteiger partial charge in [0.2, 0.25) is 0 Å². The molecule has 1 fully saturated rings. The summed E-state index contributed by atoms with van der Waals surface area (Å²) in [5.41, 5.74) is 4.27. The first-order chi connectivity index (χ1) is 13.2. The van der Waals surface area contributed by atoms with Crippen molar-refractivity contribution in [2.24, 2.45) is 5.92 Å². The molecule has 146 valence electrons. The number of unbranched alkanes of at least 4 members (excludes halogenated alkanes) is 4. The summed E-state index contributed by atoms with van der Waals surface area (Å²) in [6.45, 7) is 2.30. The SMILES string of the molecule is CCCCCCCC1CCC(c2ccc(Cc3ccc(Cl)cc3)cc2)CC1. The van der Waals surface area contributed by atoms with Crippen molar-refractivity contribution < 1.29 is 0 Å². The molecule has 0 amide bonds. The summed E-state index contributed by atoms with van der Waals surface area (Å²) < 4.78 is 0. The Morgan fingerprint density at radius 3 is 1.96 bits per heavy atom. The molecule has 27 heavy (non-hydrogen) atoms. The molecule has 0 spiro atoms. The van der Waals surface area contributed by atoms with Gasteiger partial charge in [0, 0.05) is 5.02 Å². The second kappa shape index (κ2) is 10.9. The maximum absolute atomic E-state index is 5.98. The van der Waals surface area contributed by atoms with Crippen molar-refractivity contribution in [3.63, 3.8) is 0 Å².